The second-order valence-electron chi connectivity index (χ2n) is 4.29. The zero-order valence-corrected chi connectivity index (χ0v) is 9.99. The Bertz CT molecular complexity index is 429. The molecule has 0 aliphatic carbocycles. The highest BCUT2D eigenvalue weighted by Gasteiger charge is 2.15. The number of hydrogen-bond acceptors (Lipinski definition) is 3. The largest absolute Gasteiger partial charge is 0.380 e. The zero-order chi connectivity index (χ0) is 13.0. The van der Waals surface area contributed by atoms with E-state index in [0.717, 1.165) is 25.1 Å². The van der Waals surface area contributed by atoms with E-state index in [9.17, 15) is 13.6 Å². The number of ketones is 1. The van der Waals surface area contributed by atoms with Gasteiger partial charge in [0.2, 0.25) is 0 Å². The monoisotopic (exact) mass is 255 g/mol. The third-order valence-corrected chi connectivity index (χ3v) is 2.92. The lowest BCUT2D eigenvalue weighted by Crippen LogP contribution is -2.32. The molecule has 1 aromatic carbocycles. The Labute approximate surface area is 104 Å². The van der Waals surface area contributed by atoms with Crippen molar-refractivity contribution in [1.82, 2.24) is 4.90 Å². The van der Waals surface area contributed by atoms with Gasteiger partial charge in [-0.2, -0.15) is 0 Å². The molecule has 0 atom stereocenters. The van der Waals surface area contributed by atoms with Crippen molar-refractivity contribution in [2.45, 2.75) is 6.42 Å². The normalized spacial score (nSPS) is 17.4. The van der Waals surface area contributed by atoms with Gasteiger partial charge in [-0.15, -0.1) is 0 Å². The number of ether oxygens (including phenoxy) is 1. The van der Waals surface area contributed by atoms with Crippen LogP contribution >= 0.6 is 0 Å². The van der Waals surface area contributed by atoms with Gasteiger partial charge in [-0.05, 0) is 24.6 Å². The van der Waals surface area contributed by atoms with E-state index in [1.165, 1.54) is 6.07 Å². The van der Waals surface area contributed by atoms with Crippen molar-refractivity contribution in [3.8, 4) is 0 Å². The Morgan fingerprint density at radius 1 is 1.22 bits per heavy atom. The second-order valence-corrected chi connectivity index (χ2v) is 4.29. The average molecular weight is 255 g/mol. The van der Waals surface area contributed by atoms with Gasteiger partial charge in [0.15, 0.2) is 17.4 Å². The number of halogens is 2. The van der Waals surface area contributed by atoms with Crippen molar-refractivity contribution in [2.75, 3.05) is 32.8 Å². The summed E-state index contributed by atoms with van der Waals surface area (Å²) in [4.78, 5) is 13.9. The van der Waals surface area contributed by atoms with E-state index in [0.29, 0.717) is 19.8 Å². The first-order valence-electron chi connectivity index (χ1n) is 5.95. The molecular weight excluding hydrogens is 240 g/mol. The lowest BCUT2D eigenvalue weighted by Gasteiger charge is -2.17. The van der Waals surface area contributed by atoms with Crippen LogP contribution in [-0.2, 0) is 4.74 Å². The van der Waals surface area contributed by atoms with Crippen LogP contribution in [0.4, 0.5) is 8.78 Å². The van der Waals surface area contributed by atoms with E-state index in [4.69, 9.17) is 4.74 Å². The van der Waals surface area contributed by atoms with Gasteiger partial charge in [0.05, 0.1) is 13.2 Å². The first kappa shape index (κ1) is 13.1. The molecule has 1 fully saturated rings. The van der Waals surface area contributed by atoms with Crippen LogP contribution in [-0.4, -0.2) is 43.5 Å². The summed E-state index contributed by atoms with van der Waals surface area (Å²) in [6, 6.07) is 3.25. The summed E-state index contributed by atoms with van der Waals surface area (Å²) in [5.41, 5.74) is 0.207. The highest BCUT2D eigenvalue weighted by atomic mass is 19.2. The first-order valence-corrected chi connectivity index (χ1v) is 5.95. The van der Waals surface area contributed by atoms with Crippen molar-refractivity contribution >= 4 is 5.78 Å². The maximum atomic E-state index is 13.0. The molecular formula is C13H15F2NO2. The Hall–Kier alpha value is -1.33. The van der Waals surface area contributed by atoms with Gasteiger partial charge >= 0.3 is 0 Å². The third kappa shape index (κ3) is 3.34. The first-order chi connectivity index (χ1) is 8.66. The average Bonchev–Trinajstić information content (AvgIpc) is 2.61. The smallest absolute Gasteiger partial charge is 0.176 e. The molecule has 98 valence electrons. The number of hydrogen-bond donors (Lipinski definition) is 0. The van der Waals surface area contributed by atoms with Crippen molar-refractivity contribution in [3.63, 3.8) is 0 Å². The Kier molecular flexibility index (Phi) is 4.38. The molecule has 5 heteroatoms. The molecule has 0 N–H and O–H groups in total. The molecule has 3 nitrogen and oxygen atoms in total. The fourth-order valence-electron chi connectivity index (χ4n) is 1.92. The Morgan fingerprint density at radius 3 is 2.83 bits per heavy atom. The van der Waals surface area contributed by atoms with Gasteiger partial charge in [-0.3, -0.25) is 9.69 Å². The summed E-state index contributed by atoms with van der Waals surface area (Å²) < 4.78 is 31.1. The molecule has 0 amide bonds. The zero-order valence-electron chi connectivity index (χ0n) is 9.99. The van der Waals surface area contributed by atoms with E-state index in [2.05, 4.69) is 0 Å². The molecule has 1 heterocycles. The van der Waals surface area contributed by atoms with Crippen LogP contribution < -0.4 is 0 Å². The fourth-order valence-corrected chi connectivity index (χ4v) is 1.92. The van der Waals surface area contributed by atoms with E-state index in [1.807, 2.05) is 4.90 Å². The molecule has 1 saturated heterocycles. The van der Waals surface area contributed by atoms with Crippen LogP contribution in [0.15, 0.2) is 18.2 Å². The minimum Gasteiger partial charge on any atom is -0.380 e. The number of benzene rings is 1. The van der Waals surface area contributed by atoms with E-state index >= 15 is 0 Å². The molecule has 0 unspecified atom stereocenters. The summed E-state index contributed by atoms with van der Waals surface area (Å²) in [5.74, 6) is -2.12. The predicted octanol–water partition coefficient (Wildman–Crippen LogP) is 1.87. The molecule has 0 saturated carbocycles. The Morgan fingerprint density at radius 2 is 2.06 bits per heavy atom. The van der Waals surface area contributed by atoms with Gasteiger partial charge in [0.1, 0.15) is 0 Å². The standard InChI is InChI=1S/C13H15F2NO2/c14-11-3-2-10(8-12(11)15)13(17)9-16-4-1-6-18-7-5-16/h2-3,8H,1,4-7,9H2. The molecule has 18 heavy (non-hydrogen) atoms. The van der Waals surface area contributed by atoms with Gasteiger partial charge in [-0.25, -0.2) is 8.78 Å². The van der Waals surface area contributed by atoms with E-state index < -0.39 is 11.6 Å². The SMILES string of the molecule is O=C(CN1CCCOCC1)c1ccc(F)c(F)c1. The van der Waals surface area contributed by atoms with Crippen LogP contribution in [0.1, 0.15) is 16.8 Å². The van der Waals surface area contributed by atoms with Gasteiger partial charge in [0, 0.05) is 25.3 Å². The molecule has 1 aliphatic heterocycles. The molecule has 1 aromatic rings. The molecule has 0 radical (unpaired) electrons. The summed E-state index contributed by atoms with van der Waals surface area (Å²) in [6.45, 7) is 3.00. The van der Waals surface area contributed by atoms with Crippen molar-refractivity contribution in [2.24, 2.45) is 0 Å². The van der Waals surface area contributed by atoms with Gasteiger partial charge in [0.25, 0.3) is 0 Å². The number of carbonyl (C=O) groups is 1. The maximum Gasteiger partial charge on any atom is 0.176 e. The second kappa shape index (κ2) is 6.02. The third-order valence-electron chi connectivity index (χ3n) is 2.92. The van der Waals surface area contributed by atoms with Crippen LogP contribution in [0.3, 0.4) is 0 Å². The minimum absolute atomic E-state index is 0.198. The van der Waals surface area contributed by atoms with Gasteiger partial charge < -0.3 is 4.74 Å². The van der Waals surface area contributed by atoms with Crippen molar-refractivity contribution < 1.29 is 18.3 Å². The number of Topliss-reactive ketones (excluding diaryl/α,β-unsaturated/α-hetero) is 1. The van der Waals surface area contributed by atoms with Crippen LogP contribution in [0.2, 0.25) is 0 Å². The summed E-state index contributed by atoms with van der Waals surface area (Å²) in [6.07, 6.45) is 0.880. The molecule has 0 aromatic heterocycles. The van der Waals surface area contributed by atoms with Crippen LogP contribution in [0, 0.1) is 11.6 Å². The lowest BCUT2D eigenvalue weighted by atomic mass is 10.1. The molecule has 0 spiro atoms. The quantitative estimate of drug-likeness (QED) is 0.772. The fraction of sp³-hybridized carbons (Fsp3) is 0.462. The molecule has 1 aliphatic rings. The van der Waals surface area contributed by atoms with Crippen LogP contribution in [0.5, 0.6) is 0 Å². The molecule has 0 bridgehead atoms. The summed E-state index contributed by atoms with van der Waals surface area (Å²) in [7, 11) is 0. The maximum absolute atomic E-state index is 13.0. The highest BCUT2D eigenvalue weighted by Crippen LogP contribution is 2.10. The number of carbonyl (C=O) groups excluding carboxylic acids is 1. The Balaban J connectivity index is 1.99. The van der Waals surface area contributed by atoms with E-state index in [-0.39, 0.29) is 17.9 Å². The summed E-state index contributed by atoms with van der Waals surface area (Å²) >= 11 is 0. The predicted molar refractivity (Wildman–Crippen MR) is 62.6 cm³/mol. The minimum atomic E-state index is -0.986. The molecule has 2 rings (SSSR count). The topological polar surface area (TPSA) is 29.5 Å². The number of nitrogens with zero attached hydrogens (tertiary/aromatic N) is 1. The summed E-state index contributed by atoms with van der Waals surface area (Å²) in [5, 5.41) is 0. The highest BCUT2D eigenvalue weighted by molar-refractivity contribution is 5.97. The number of rotatable bonds is 3. The van der Waals surface area contributed by atoms with Gasteiger partial charge in [-0.1, -0.05) is 0 Å². The van der Waals surface area contributed by atoms with Crippen molar-refractivity contribution in [3.05, 3.63) is 35.4 Å². The van der Waals surface area contributed by atoms with E-state index in [1.54, 1.807) is 0 Å². The van der Waals surface area contributed by atoms with Crippen LogP contribution in [0.25, 0.3) is 0 Å². The lowest BCUT2D eigenvalue weighted by molar-refractivity contribution is 0.0921. The van der Waals surface area contributed by atoms with Crippen molar-refractivity contribution in [1.29, 1.82) is 0 Å².